The minimum atomic E-state index is 0.181. The number of aryl methyl sites for hydroxylation is 1. The smallest absolute Gasteiger partial charge is 0.236 e. The molecule has 1 amide bonds. The van der Waals surface area contributed by atoms with Gasteiger partial charge in [0.25, 0.3) is 0 Å². The molecule has 0 aromatic heterocycles. The summed E-state index contributed by atoms with van der Waals surface area (Å²) in [5, 5.41) is 3.33. The molecule has 1 aliphatic heterocycles. The van der Waals surface area contributed by atoms with Crippen molar-refractivity contribution >= 4 is 5.91 Å². The van der Waals surface area contributed by atoms with E-state index in [4.69, 9.17) is 0 Å². The Labute approximate surface area is 121 Å². The van der Waals surface area contributed by atoms with Crippen LogP contribution < -0.4 is 5.32 Å². The Morgan fingerprint density at radius 1 is 1.30 bits per heavy atom. The Morgan fingerprint density at radius 3 is 2.60 bits per heavy atom. The first kappa shape index (κ1) is 15.0. The lowest BCUT2D eigenvalue weighted by atomic mass is 10.1. The van der Waals surface area contributed by atoms with Crippen LogP contribution in [-0.4, -0.2) is 55.5 Å². The van der Waals surface area contributed by atoms with Crippen molar-refractivity contribution in [2.24, 2.45) is 0 Å². The van der Waals surface area contributed by atoms with E-state index in [0.29, 0.717) is 19.1 Å². The van der Waals surface area contributed by atoms with Crippen molar-refractivity contribution in [2.45, 2.75) is 25.9 Å². The van der Waals surface area contributed by atoms with Crippen molar-refractivity contribution in [1.29, 1.82) is 0 Å². The second-order valence-electron chi connectivity index (χ2n) is 5.80. The van der Waals surface area contributed by atoms with Gasteiger partial charge in [0.1, 0.15) is 0 Å². The van der Waals surface area contributed by atoms with Crippen molar-refractivity contribution < 1.29 is 4.79 Å². The third-order valence-corrected chi connectivity index (χ3v) is 4.01. The standard InChI is InChI=1S/C16H25N3O/c1-13-4-6-14(7-5-13)11-19(3)16(20)12-18(2)15-8-9-17-10-15/h4-7,15,17H,8-12H2,1-3H3. The predicted molar refractivity (Wildman–Crippen MR) is 81.6 cm³/mol. The number of carbonyl (C=O) groups excluding carboxylic acids is 1. The lowest BCUT2D eigenvalue weighted by Crippen LogP contribution is -2.42. The van der Waals surface area contributed by atoms with E-state index in [1.807, 2.05) is 19.0 Å². The molecule has 0 bridgehead atoms. The van der Waals surface area contributed by atoms with Gasteiger partial charge in [-0.05, 0) is 32.5 Å². The van der Waals surface area contributed by atoms with E-state index in [1.54, 1.807) is 0 Å². The fourth-order valence-corrected chi connectivity index (χ4v) is 2.53. The fourth-order valence-electron chi connectivity index (χ4n) is 2.53. The molecule has 1 N–H and O–H groups in total. The Bertz CT molecular complexity index is 438. The lowest BCUT2D eigenvalue weighted by molar-refractivity contribution is -0.131. The first-order valence-corrected chi connectivity index (χ1v) is 7.26. The highest BCUT2D eigenvalue weighted by Gasteiger charge is 2.22. The van der Waals surface area contributed by atoms with E-state index < -0.39 is 0 Å². The van der Waals surface area contributed by atoms with Crippen LogP contribution in [0.4, 0.5) is 0 Å². The molecule has 4 nitrogen and oxygen atoms in total. The molecule has 0 radical (unpaired) electrons. The van der Waals surface area contributed by atoms with E-state index in [1.165, 1.54) is 11.1 Å². The van der Waals surface area contributed by atoms with E-state index in [9.17, 15) is 4.79 Å². The summed E-state index contributed by atoms with van der Waals surface area (Å²) in [5.74, 6) is 0.181. The summed E-state index contributed by atoms with van der Waals surface area (Å²) in [6.45, 7) is 5.29. The van der Waals surface area contributed by atoms with Gasteiger partial charge in [-0.25, -0.2) is 0 Å². The number of benzene rings is 1. The number of rotatable bonds is 5. The van der Waals surface area contributed by atoms with Crippen LogP contribution in [-0.2, 0) is 11.3 Å². The molecule has 1 atom stereocenters. The Kier molecular flexibility index (Phi) is 5.15. The molecule has 1 heterocycles. The minimum Gasteiger partial charge on any atom is -0.340 e. The maximum Gasteiger partial charge on any atom is 0.236 e. The summed E-state index contributed by atoms with van der Waals surface area (Å²) >= 11 is 0. The molecule has 2 rings (SSSR count). The van der Waals surface area contributed by atoms with Gasteiger partial charge in [0, 0.05) is 26.2 Å². The average molecular weight is 275 g/mol. The number of amides is 1. The summed E-state index contributed by atoms with van der Waals surface area (Å²) < 4.78 is 0. The summed E-state index contributed by atoms with van der Waals surface area (Å²) in [4.78, 5) is 16.2. The molecule has 20 heavy (non-hydrogen) atoms. The minimum absolute atomic E-state index is 0.181. The maximum absolute atomic E-state index is 12.2. The van der Waals surface area contributed by atoms with E-state index in [2.05, 4.69) is 41.4 Å². The van der Waals surface area contributed by atoms with Crippen molar-refractivity contribution in [2.75, 3.05) is 33.7 Å². The van der Waals surface area contributed by atoms with Gasteiger partial charge in [-0.1, -0.05) is 29.8 Å². The second-order valence-corrected chi connectivity index (χ2v) is 5.80. The van der Waals surface area contributed by atoms with E-state index in [-0.39, 0.29) is 5.91 Å². The Morgan fingerprint density at radius 2 is 2.00 bits per heavy atom. The summed E-state index contributed by atoms with van der Waals surface area (Å²) in [6.07, 6.45) is 1.13. The zero-order valence-corrected chi connectivity index (χ0v) is 12.7. The number of hydrogen-bond acceptors (Lipinski definition) is 3. The highest BCUT2D eigenvalue weighted by Crippen LogP contribution is 2.08. The van der Waals surface area contributed by atoms with Crippen LogP contribution in [0.1, 0.15) is 17.5 Å². The van der Waals surface area contributed by atoms with Gasteiger partial charge < -0.3 is 10.2 Å². The normalized spacial score (nSPS) is 18.5. The highest BCUT2D eigenvalue weighted by atomic mass is 16.2. The van der Waals surface area contributed by atoms with Gasteiger partial charge in [-0.2, -0.15) is 0 Å². The molecule has 0 spiro atoms. The van der Waals surface area contributed by atoms with Crippen molar-refractivity contribution in [3.63, 3.8) is 0 Å². The van der Waals surface area contributed by atoms with Gasteiger partial charge in [0.15, 0.2) is 0 Å². The molecule has 1 fully saturated rings. The number of nitrogens with zero attached hydrogens (tertiary/aromatic N) is 2. The molecular formula is C16H25N3O. The second kappa shape index (κ2) is 6.86. The third kappa shape index (κ3) is 4.05. The summed E-state index contributed by atoms with van der Waals surface area (Å²) in [7, 11) is 3.91. The van der Waals surface area contributed by atoms with Crippen LogP contribution >= 0.6 is 0 Å². The molecule has 110 valence electrons. The fraction of sp³-hybridized carbons (Fsp3) is 0.562. The summed E-state index contributed by atoms with van der Waals surface area (Å²) in [5.41, 5.74) is 2.42. The topological polar surface area (TPSA) is 35.6 Å². The van der Waals surface area contributed by atoms with Crippen LogP contribution in [0.3, 0.4) is 0 Å². The lowest BCUT2D eigenvalue weighted by Gasteiger charge is -2.26. The monoisotopic (exact) mass is 275 g/mol. The Balaban J connectivity index is 1.83. The molecule has 1 unspecified atom stereocenters. The molecule has 1 aromatic carbocycles. The van der Waals surface area contributed by atoms with E-state index >= 15 is 0 Å². The SMILES string of the molecule is Cc1ccc(CN(C)C(=O)CN(C)C2CCNC2)cc1. The van der Waals surface area contributed by atoms with Gasteiger partial charge in [0.05, 0.1) is 6.54 Å². The van der Waals surface area contributed by atoms with Gasteiger partial charge in [-0.15, -0.1) is 0 Å². The zero-order valence-electron chi connectivity index (χ0n) is 12.7. The molecule has 0 aliphatic carbocycles. The maximum atomic E-state index is 12.2. The van der Waals surface area contributed by atoms with Crippen LogP contribution in [0.5, 0.6) is 0 Å². The van der Waals surface area contributed by atoms with Crippen LogP contribution in [0.2, 0.25) is 0 Å². The van der Waals surface area contributed by atoms with Crippen LogP contribution in [0, 0.1) is 6.92 Å². The third-order valence-electron chi connectivity index (χ3n) is 4.01. The average Bonchev–Trinajstić information content (AvgIpc) is 2.95. The number of likely N-dealkylation sites (N-methyl/N-ethyl adjacent to an activating group) is 2. The largest absolute Gasteiger partial charge is 0.340 e. The van der Waals surface area contributed by atoms with Crippen molar-refractivity contribution in [3.8, 4) is 0 Å². The zero-order chi connectivity index (χ0) is 14.5. The molecule has 1 aromatic rings. The Hall–Kier alpha value is -1.39. The van der Waals surface area contributed by atoms with Gasteiger partial charge >= 0.3 is 0 Å². The number of hydrogen-bond donors (Lipinski definition) is 1. The molecule has 1 aliphatic rings. The quantitative estimate of drug-likeness (QED) is 0.878. The molecule has 0 saturated carbocycles. The van der Waals surface area contributed by atoms with Crippen molar-refractivity contribution in [3.05, 3.63) is 35.4 Å². The molecular weight excluding hydrogens is 250 g/mol. The first-order valence-electron chi connectivity index (χ1n) is 7.26. The number of nitrogens with one attached hydrogen (secondary N) is 1. The summed E-state index contributed by atoms with van der Waals surface area (Å²) in [6, 6.07) is 8.84. The van der Waals surface area contributed by atoms with Crippen LogP contribution in [0.15, 0.2) is 24.3 Å². The predicted octanol–water partition coefficient (Wildman–Crippen LogP) is 1.25. The molecule has 1 saturated heterocycles. The number of carbonyl (C=O) groups is 1. The van der Waals surface area contributed by atoms with Gasteiger partial charge in [-0.3, -0.25) is 9.69 Å². The van der Waals surface area contributed by atoms with Crippen LogP contribution in [0.25, 0.3) is 0 Å². The highest BCUT2D eigenvalue weighted by molar-refractivity contribution is 5.78. The molecule has 4 heteroatoms. The van der Waals surface area contributed by atoms with E-state index in [0.717, 1.165) is 19.5 Å². The first-order chi connectivity index (χ1) is 9.56. The van der Waals surface area contributed by atoms with Gasteiger partial charge in [0.2, 0.25) is 5.91 Å². The van der Waals surface area contributed by atoms with Crippen molar-refractivity contribution in [1.82, 2.24) is 15.1 Å².